The topological polar surface area (TPSA) is 202 Å². The third-order valence-electron chi connectivity index (χ3n) is 1.34. The van der Waals surface area contributed by atoms with Crippen LogP contribution in [0.3, 0.4) is 0 Å². The molecule has 0 saturated heterocycles. The van der Waals surface area contributed by atoms with E-state index in [1.807, 2.05) is 0 Å². The minimum absolute atomic E-state index is 0.406. The highest BCUT2D eigenvalue weighted by atomic mass is 31.2. The predicted molar refractivity (Wildman–Crippen MR) is 57.9 cm³/mol. The monoisotopic (exact) mass is 300 g/mol. The molecule has 0 aliphatic heterocycles. The third kappa shape index (κ3) is 22.2. The van der Waals surface area contributed by atoms with Crippen LogP contribution in [0.1, 0.15) is 0 Å². The van der Waals surface area contributed by atoms with Crippen LogP contribution >= 0.6 is 17.2 Å². The first-order valence-electron chi connectivity index (χ1n) is 3.88. The predicted octanol–water partition coefficient (Wildman–Crippen LogP) is -3.68. The molecule has 0 atom stereocenters. The lowest BCUT2D eigenvalue weighted by molar-refractivity contribution is -0.0328. The first-order chi connectivity index (χ1) is 7.71. The smallest absolute Gasteiger partial charge is 0.324 e. The Morgan fingerprint density at radius 1 is 0.529 bits per heavy atom. The van der Waals surface area contributed by atoms with Crippen LogP contribution in [-0.4, -0.2) is 76.2 Å². The molecule has 0 radical (unpaired) electrons. The van der Waals surface area contributed by atoms with E-state index in [9.17, 15) is 0 Å². The third-order valence-corrected chi connectivity index (χ3v) is 1.34. The van der Waals surface area contributed by atoms with Crippen LogP contribution in [0, 0.1) is 5.41 Å². The first-order valence-corrected chi connectivity index (χ1v) is 6.28. The van der Waals surface area contributed by atoms with Crippen LogP contribution in [0.4, 0.5) is 0 Å². The van der Waals surface area contributed by atoms with Gasteiger partial charge < -0.3 is 49.8 Å². The van der Waals surface area contributed by atoms with Gasteiger partial charge in [0.2, 0.25) is 0 Å². The summed E-state index contributed by atoms with van der Waals surface area (Å²) in [5.41, 5.74) is -1.11. The molecule has 0 aromatic heterocycles. The van der Waals surface area contributed by atoms with Crippen LogP contribution in [0.2, 0.25) is 0 Å². The molecule has 0 saturated carbocycles. The summed E-state index contributed by atoms with van der Waals surface area (Å²) in [5, 5.41) is 34.0. The molecule has 0 aromatic rings. The number of hydrogen-bond acceptors (Lipinski definition) is 10. The maximum Gasteiger partial charge on any atom is 0.324 e. The summed E-state index contributed by atoms with van der Waals surface area (Å²) in [6, 6.07) is 0. The Balaban J connectivity index is -0.000000205. The van der Waals surface area contributed by atoms with Crippen molar-refractivity contribution in [1.29, 1.82) is 0 Å². The maximum atomic E-state index is 8.50. The Hall–Kier alpha value is 0.460. The van der Waals surface area contributed by atoms with E-state index in [1.165, 1.54) is 0 Å². The van der Waals surface area contributed by atoms with Crippen molar-refractivity contribution >= 4 is 17.2 Å². The van der Waals surface area contributed by atoms with Crippen LogP contribution in [0.25, 0.3) is 0 Å². The molecule has 10 nitrogen and oxygen atoms in total. The maximum absolute atomic E-state index is 8.50. The quantitative estimate of drug-likeness (QED) is 0.230. The summed E-state index contributed by atoms with van der Waals surface area (Å²) in [6.45, 7) is -1.62. The van der Waals surface area contributed by atoms with Crippen molar-refractivity contribution in [2.75, 3.05) is 26.4 Å². The molecule has 0 unspecified atom stereocenters. The van der Waals surface area contributed by atoms with Crippen LogP contribution in [0.15, 0.2) is 0 Å². The minimum Gasteiger partial charge on any atom is -0.396 e. The summed E-state index contributed by atoms with van der Waals surface area (Å²) in [5.74, 6) is 0. The molecule has 0 rings (SSSR count). The van der Waals surface area contributed by atoms with Gasteiger partial charge in [-0.25, -0.2) is 0 Å². The van der Waals surface area contributed by atoms with E-state index in [-0.39, 0.29) is 0 Å². The second kappa shape index (κ2) is 14.5. The molecule has 0 amide bonds. The fourth-order valence-corrected chi connectivity index (χ4v) is 0.300. The van der Waals surface area contributed by atoms with E-state index >= 15 is 0 Å². The average molecular weight is 300 g/mol. The van der Waals surface area contributed by atoms with E-state index in [1.54, 1.807) is 0 Å². The Kier molecular flexibility index (Phi) is 19.3. The molecule has 12 heteroatoms. The van der Waals surface area contributed by atoms with Crippen molar-refractivity contribution in [1.82, 2.24) is 0 Å². The van der Waals surface area contributed by atoms with Crippen LogP contribution < -0.4 is 0 Å². The van der Waals surface area contributed by atoms with Gasteiger partial charge in [0, 0.05) is 0 Å². The lowest BCUT2D eigenvalue weighted by Crippen LogP contribution is -2.37. The van der Waals surface area contributed by atoms with Gasteiger partial charge >= 0.3 is 17.2 Å². The number of aliphatic hydroxyl groups is 4. The lowest BCUT2D eigenvalue weighted by Gasteiger charge is -2.23. The molecule has 108 valence electrons. The molecule has 0 spiro atoms. The van der Waals surface area contributed by atoms with Gasteiger partial charge in [-0.1, -0.05) is 0 Å². The summed E-state index contributed by atoms with van der Waals surface area (Å²) >= 11 is 0. The number of rotatable bonds is 4. The van der Waals surface area contributed by atoms with E-state index in [0.717, 1.165) is 0 Å². The van der Waals surface area contributed by atoms with Gasteiger partial charge in [0.05, 0.1) is 31.8 Å². The molecule has 17 heavy (non-hydrogen) atoms. The summed E-state index contributed by atoms with van der Waals surface area (Å²) in [7, 11) is -5.24. The van der Waals surface area contributed by atoms with Gasteiger partial charge in [-0.05, 0) is 0 Å². The molecule has 0 aliphatic carbocycles. The second-order valence-electron chi connectivity index (χ2n) is 2.67. The Labute approximate surface area is 99.7 Å². The van der Waals surface area contributed by atoms with Crippen molar-refractivity contribution in [3.05, 3.63) is 0 Å². The SMILES string of the molecule is OCC(CO)(CO)CO.OP(O)O.OP(O)O. The molecular weight excluding hydrogens is 282 g/mol. The highest BCUT2D eigenvalue weighted by Crippen LogP contribution is 2.12. The summed E-state index contributed by atoms with van der Waals surface area (Å²) in [4.78, 5) is 43.4. The lowest BCUT2D eigenvalue weighted by atomic mass is 9.93. The summed E-state index contributed by atoms with van der Waals surface area (Å²) in [6.07, 6.45) is 0. The van der Waals surface area contributed by atoms with E-state index in [4.69, 9.17) is 49.8 Å². The van der Waals surface area contributed by atoms with Gasteiger partial charge in [-0.15, -0.1) is 0 Å². The van der Waals surface area contributed by atoms with E-state index in [0.29, 0.717) is 0 Å². The van der Waals surface area contributed by atoms with Gasteiger partial charge in [0.1, 0.15) is 0 Å². The van der Waals surface area contributed by atoms with Crippen molar-refractivity contribution in [2.45, 2.75) is 0 Å². The van der Waals surface area contributed by atoms with Gasteiger partial charge in [0.15, 0.2) is 0 Å². The molecular formula is C5H18O10P2. The van der Waals surface area contributed by atoms with Crippen molar-refractivity contribution < 1.29 is 49.8 Å². The van der Waals surface area contributed by atoms with Gasteiger partial charge in [-0.2, -0.15) is 0 Å². The van der Waals surface area contributed by atoms with Crippen molar-refractivity contribution in [3.8, 4) is 0 Å². The largest absolute Gasteiger partial charge is 0.396 e. The Morgan fingerprint density at radius 3 is 0.647 bits per heavy atom. The Bertz CT molecular complexity index is 112. The minimum atomic E-state index is -2.62. The fraction of sp³-hybridized carbons (Fsp3) is 1.00. The zero-order valence-electron chi connectivity index (χ0n) is 8.69. The number of hydrogen-bond donors (Lipinski definition) is 10. The second-order valence-corrected chi connectivity index (χ2v) is 3.74. The van der Waals surface area contributed by atoms with Gasteiger partial charge in [-0.3, -0.25) is 0 Å². The van der Waals surface area contributed by atoms with Crippen molar-refractivity contribution in [3.63, 3.8) is 0 Å². The zero-order chi connectivity index (χ0) is 14.5. The summed E-state index contributed by atoms with van der Waals surface area (Å²) < 4.78 is 0. The van der Waals surface area contributed by atoms with Crippen LogP contribution in [-0.2, 0) is 0 Å². The highest BCUT2D eigenvalue weighted by Gasteiger charge is 2.26. The van der Waals surface area contributed by atoms with E-state index in [2.05, 4.69) is 0 Å². The molecule has 0 heterocycles. The molecule has 0 aliphatic rings. The molecule has 0 fully saturated rings. The standard InChI is InChI=1S/C5H12O4.2H3O3P/c6-1-5(2-7,3-8)4-9;2*1-4(2)3/h6-9H,1-4H2;2*1-3H. The molecule has 0 aromatic carbocycles. The number of aliphatic hydroxyl groups excluding tert-OH is 4. The Morgan fingerprint density at radius 2 is 0.647 bits per heavy atom. The zero-order valence-corrected chi connectivity index (χ0v) is 10.5. The fourth-order valence-electron chi connectivity index (χ4n) is 0.300. The highest BCUT2D eigenvalue weighted by molar-refractivity contribution is 7.38. The van der Waals surface area contributed by atoms with Crippen molar-refractivity contribution in [2.24, 2.45) is 5.41 Å². The van der Waals surface area contributed by atoms with Crippen LogP contribution in [0.5, 0.6) is 0 Å². The molecule has 0 bridgehead atoms. The molecule has 10 N–H and O–H groups in total. The van der Waals surface area contributed by atoms with Gasteiger partial charge in [0.25, 0.3) is 0 Å². The normalized spacial score (nSPS) is 10.6. The average Bonchev–Trinajstić information content (AvgIpc) is 2.20. The first kappa shape index (κ1) is 22.6. The van der Waals surface area contributed by atoms with E-state index < -0.39 is 49.0 Å².